The Morgan fingerprint density at radius 3 is 2.78 bits per heavy atom. The minimum absolute atomic E-state index is 0.0708. The zero-order valence-electron chi connectivity index (χ0n) is 15.4. The maximum atomic E-state index is 12.4. The van der Waals surface area contributed by atoms with E-state index in [1.54, 1.807) is 36.1 Å². The minimum atomic E-state index is -3.67. The van der Waals surface area contributed by atoms with Crippen molar-refractivity contribution in [1.29, 1.82) is 0 Å². The molecule has 0 aliphatic carbocycles. The minimum Gasteiger partial charge on any atom is -0.383 e. The number of ether oxygens (including phenoxy) is 1. The topological polar surface area (TPSA) is 84.5 Å². The summed E-state index contributed by atoms with van der Waals surface area (Å²) >= 11 is 3.47. The summed E-state index contributed by atoms with van der Waals surface area (Å²) in [7, 11) is -2.17. The highest BCUT2D eigenvalue weighted by Crippen LogP contribution is 2.17. The monoisotopic (exact) mass is 428 g/mol. The molecule has 2 rings (SSSR count). The largest absolute Gasteiger partial charge is 0.383 e. The van der Waals surface area contributed by atoms with Gasteiger partial charge in [0.1, 0.15) is 0 Å². The number of thiophene rings is 1. The Kier molecular flexibility index (Phi) is 8.78. The second-order valence-electron chi connectivity index (χ2n) is 5.76. The lowest BCUT2D eigenvalue weighted by Gasteiger charge is -2.11. The van der Waals surface area contributed by atoms with Gasteiger partial charge >= 0.3 is 0 Å². The van der Waals surface area contributed by atoms with Crippen molar-refractivity contribution in [2.75, 3.05) is 32.6 Å². The van der Waals surface area contributed by atoms with Crippen molar-refractivity contribution in [2.45, 2.75) is 17.6 Å². The van der Waals surface area contributed by atoms with Gasteiger partial charge in [-0.1, -0.05) is 12.1 Å². The Morgan fingerprint density at radius 1 is 1.26 bits per heavy atom. The third-order valence-corrected chi connectivity index (χ3v) is 7.24. The van der Waals surface area contributed by atoms with Gasteiger partial charge in [0.2, 0.25) is 10.0 Å². The van der Waals surface area contributed by atoms with Crippen LogP contribution in [0.3, 0.4) is 0 Å². The Labute approximate surface area is 168 Å². The average Bonchev–Trinajstić information content (AvgIpc) is 3.15. The number of benzene rings is 1. The predicted molar refractivity (Wildman–Crippen MR) is 111 cm³/mol. The normalized spacial score (nSPS) is 11.5. The fourth-order valence-corrected chi connectivity index (χ4v) is 5.01. The third kappa shape index (κ3) is 6.93. The Bertz CT molecular complexity index is 836. The lowest BCUT2D eigenvalue weighted by atomic mass is 10.1. The van der Waals surface area contributed by atoms with Crippen LogP contribution >= 0.6 is 23.1 Å². The zero-order valence-corrected chi connectivity index (χ0v) is 17.8. The predicted octanol–water partition coefficient (Wildman–Crippen LogP) is 2.64. The highest BCUT2D eigenvalue weighted by atomic mass is 32.2. The van der Waals surface area contributed by atoms with Gasteiger partial charge in [0.05, 0.1) is 11.5 Å². The Morgan fingerprint density at radius 2 is 2.07 bits per heavy atom. The van der Waals surface area contributed by atoms with Crippen LogP contribution in [-0.2, 0) is 20.5 Å². The molecule has 2 aromatic rings. The van der Waals surface area contributed by atoms with Crippen molar-refractivity contribution in [2.24, 2.45) is 0 Å². The van der Waals surface area contributed by atoms with Gasteiger partial charge < -0.3 is 10.1 Å². The molecule has 0 aliphatic rings. The highest BCUT2D eigenvalue weighted by molar-refractivity contribution is 7.98. The van der Waals surface area contributed by atoms with E-state index in [-0.39, 0.29) is 24.0 Å². The van der Waals surface area contributed by atoms with Gasteiger partial charge in [-0.15, -0.1) is 11.3 Å². The number of sulfonamides is 1. The second-order valence-corrected chi connectivity index (χ2v) is 9.66. The van der Waals surface area contributed by atoms with Crippen LogP contribution in [0.25, 0.3) is 0 Å². The molecule has 0 bridgehead atoms. The van der Waals surface area contributed by atoms with E-state index in [4.69, 9.17) is 4.74 Å². The molecule has 0 fully saturated rings. The highest BCUT2D eigenvalue weighted by Gasteiger charge is 2.17. The summed E-state index contributed by atoms with van der Waals surface area (Å²) in [6.45, 7) is 2.77. The molecule has 9 heteroatoms. The van der Waals surface area contributed by atoms with Crippen LogP contribution in [0.15, 0.2) is 40.6 Å². The molecule has 1 aromatic heterocycles. The van der Waals surface area contributed by atoms with Crippen molar-refractivity contribution in [3.63, 3.8) is 0 Å². The molecule has 0 aliphatic heterocycles. The van der Waals surface area contributed by atoms with E-state index in [1.807, 2.05) is 11.4 Å². The lowest BCUT2D eigenvalue weighted by molar-refractivity contribution is 0.0955. The van der Waals surface area contributed by atoms with Crippen molar-refractivity contribution < 1.29 is 17.9 Å². The molecule has 1 heterocycles. The first kappa shape index (κ1) is 21.9. The maximum absolute atomic E-state index is 12.4. The number of aryl methyl sites for hydroxylation is 1. The number of rotatable bonds is 11. The number of amides is 1. The van der Waals surface area contributed by atoms with Crippen LogP contribution in [0.1, 0.15) is 20.8 Å². The molecule has 148 valence electrons. The van der Waals surface area contributed by atoms with Crippen LogP contribution in [0.4, 0.5) is 0 Å². The number of nitrogens with one attached hydrogen (secondary N) is 2. The SMILES string of the molecule is COCCNS(=O)(=O)c1ccc(C)c(C(=O)NCCSCc2cccs2)c1. The molecule has 0 atom stereocenters. The van der Waals surface area contributed by atoms with Gasteiger partial charge in [0, 0.05) is 42.1 Å². The quantitative estimate of drug-likeness (QED) is 0.538. The van der Waals surface area contributed by atoms with Crippen LogP contribution in [-0.4, -0.2) is 46.9 Å². The number of methoxy groups -OCH3 is 1. The third-order valence-electron chi connectivity index (χ3n) is 3.72. The van der Waals surface area contributed by atoms with Crippen molar-refractivity contribution in [3.8, 4) is 0 Å². The number of carbonyl (C=O) groups excluding carboxylic acids is 1. The Balaban J connectivity index is 1.91. The summed E-state index contributed by atoms with van der Waals surface area (Å²) in [5.41, 5.74) is 1.10. The van der Waals surface area contributed by atoms with Gasteiger partial charge in [-0.3, -0.25) is 4.79 Å². The molecule has 27 heavy (non-hydrogen) atoms. The number of hydrogen-bond donors (Lipinski definition) is 2. The van der Waals surface area contributed by atoms with Crippen molar-refractivity contribution in [3.05, 3.63) is 51.7 Å². The van der Waals surface area contributed by atoms with E-state index in [9.17, 15) is 13.2 Å². The fraction of sp³-hybridized carbons (Fsp3) is 0.389. The van der Waals surface area contributed by atoms with E-state index in [0.29, 0.717) is 12.1 Å². The molecular weight excluding hydrogens is 404 g/mol. The molecular formula is C18H24N2O4S3. The number of carbonyl (C=O) groups is 1. The van der Waals surface area contributed by atoms with Gasteiger partial charge in [-0.25, -0.2) is 13.1 Å². The maximum Gasteiger partial charge on any atom is 0.251 e. The molecule has 0 unspecified atom stereocenters. The smallest absolute Gasteiger partial charge is 0.251 e. The van der Waals surface area contributed by atoms with E-state index in [1.165, 1.54) is 24.1 Å². The second kappa shape index (κ2) is 10.8. The van der Waals surface area contributed by atoms with Gasteiger partial charge in [-0.2, -0.15) is 11.8 Å². The fourth-order valence-electron chi connectivity index (χ4n) is 2.27. The summed E-state index contributed by atoms with van der Waals surface area (Å²) in [6, 6.07) is 8.67. The summed E-state index contributed by atoms with van der Waals surface area (Å²) in [5, 5.41) is 4.91. The average molecular weight is 429 g/mol. The molecule has 1 aromatic carbocycles. The number of thioether (sulfide) groups is 1. The first-order valence-electron chi connectivity index (χ1n) is 8.41. The summed E-state index contributed by atoms with van der Waals surface area (Å²) in [6.07, 6.45) is 0. The van der Waals surface area contributed by atoms with Crippen molar-refractivity contribution >= 4 is 39.0 Å². The van der Waals surface area contributed by atoms with Gasteiger partial charge in [-0.05, 0) is 36.1 Å². The van der Waals surface area contributed by atoms with Crippen molar-refractivity contribution in [1.82, 2.24) is 10.0 Å². The van der Waals surface area contributed by atoms with E-state index in [0.717, 1.165) is 17.1 Å². The Hall–Kier alpha value is -1.39. The molecule has 0 spiro atoms. The summed E-state index contributed by atoms with van der Waals surface area (Å²) in [4.78, 5) is 13.8. The standard InChI is InChI=1S/C18H24N2O4S3/c1-14-5-6-16(27(22,23)20-7-9-24-2)12-17(14)18(21)19-8-11-25-13-15-4-3-10-26-15/h3-6,10,12,20H,7-9,11,13H2,1-2H3,(H,19,21). The molecule has 6 nitrogen and oxygen atoms in total. The van der Waals surface area contributed by atoms with E-state index in [2.05, 4.69) is 16.1 Å². The summed E-state index contributed by atoms with van der Waals surface area (Å²) < 4.78 is 31.9. The van der Waals surface area contributed by atoms with Crippen LogP contribution in [0, 0.1) is 6.92 Å². The number of hydrogen-bond acceptors (Lipinski definition) is 6. The van der Waals surface area contributed by atoms with Crippen LogP contribution < -0.4 is 10.0 Å². The van der Waals surface area contributed by atoms with Crippen LogP contribution in [0.5, 0.6) is 0 Å². The van der Waals surface area contributed by atoms with Crippen LogP contribution in [0.2, 0.25) is 0 Å². The van der Waals surface area contributed by atoms with Gasteiger partial charge in [0.25, 0.3) is 5.91 Å². The first-order valence-corrected chi connectivity index (χ1v) is 11.9. The van der Waals surface area contributed by atoms with Gasteiger partial charge in [0.15, 0.2) is 0 Å². The zero-order chi connectivity index (χ0) is 19.7. The molecule has 0 radical (unpaired) electrons. The molecule has 0 saturated carbocycles. The molecule has 2 N–H and O–H groups in total. The molecule has 0 saturated heterocycles. The van der Waals surface area contributed by atoms with E-state index >= 15 is 0 Å². The summed E-state index contributed by atoms with van der Waals surface area (Å²) in [5.74, 6) is 1.45. The molecule has 1 amide bonds. The van der Waals surface area contributed by atoms with E-state index < -0.39 is 10.0 Å². The first-order chi connectivity index (χ1) is 12.9. The lowest BCUT2D eigenvalue weighted by Crippen LogP contribution is -2.29.